The van der Waals surface area contributed by atoms with Gasteiger partial charge in [-0.05, 0) is 50.8 Å². The number of nitrogens with zero attached hydrogens (tertiary/aromatic N) is 2. The maximum atomic E-state index is 5.44. The molecule has 24 heavy (non-hydrogen) atoms. The summed E-state index contributed by atoms with van der Waals surface area (Å²) in [5.74, 6) is 1.61. The van der Waals surface area contributed by atoms with Crippen LogP contribution in [0.3, 0.4) is 0 Å². The Morgan fingerprint density at radius 1 is 1.21 bits per heavy atom. The molecule has 0 unspecified atom stereocenters. The predicted octanol–water partition coefficient (Wildman–Crippen LogP) is 3.36. The summed E-state index contributed by atoms with van der Waals surface area (Å²) in [6.07, 6.45) is 1.17. The zero-order valence-corrected chi connectivity index (χ0v) is 15.2. The molecule has 6 heteroatoms. The highest BCUT2D eigenvalue weighted by Crippen LogP contribution is 2.36. The fraction of sp³-hybridized carbons (Fsp3) is 0.500. The number of benzene rings is 1. The smallest absolute Gasteiger partial charge is 0.231 e. The summed E-state index contributed by atoms with van der Waals surface area (Å²) in [5.41, 5.74) is 2.17. The van der Waals surface area contributed by atoms with E-state index in [1.165, 1.54) is 6.42 Å². The number of fused-ring (bicyclic) bond motifs is 1. The van der Waals surface area contributed by atoms with Gasteiger partial charge in [-0.3, -0.25) is 0 Å². The lowest BCUT2D eigenvalue weighted by Gasteiger charge is -2.17. The van der Waals surface area contributed by atoms with Crippen LogP contribution < -0.4 is 14.8 Å². The molecule has 130 valence electrons. The third-order valence-electron chi connectivity index (χ3n) is 4.20. The van der Waals surface area contributed by atoms with Gasteiger partial charge in [-0.1, -0.05) is 13.8 Å². The minimum absolute atomic E-state index is 0.305. The number of hydrogen-bond donors (Lipinski definition) is 1. The van der Waals surface area contributed by atoms with Gasteiger partial charge < -0.3 is 19.7 Å². The molecular weight excluding hydrogens is 322 g/mol. The average Bonchev–Trinajstić information content (AvgIpc) is 3.26. The first-order valence-electron chi connectivity index (χ1n) is 8.57. The van der Waals surface area contributed by atoms with E-state index >= 15 is 0 Å². The molecule has 0 aliphatic carbocycles. The molecule has 0 atom stereocenters. The van der Waals surface area contributed by atoms with Gasteiger partial charge in [0, 0.05) is 17.5 Å². The molecule has 0 spiro atoms. The van der Waals surface area contributed by atoms with Gasteiger partial charge in [0.15, 0.2) is 11.5 Å². The summed E-state index contributed by atoms with van der Waals surface area (Å²) in [5, 5.41) is 6.63. The van der Waals surface area contributed by atoms with E-state index in [-0.39, 0.29) is 0 Å². The monoisotopic (exact) mass is 347 g/mol. The van der Waals surface area contributed by atoms with E-state index in [1.54, 1.807) is 11.3 Å². The molecule has 3 rings (SSSR count). The van der Waals surface area contributed by atoms with Crippen LogP contribution in [0.15, 0.2) is 23.6 Å². The number of nitrogens with one attached hydrogen (secondary N) is 1. The van der Waals surface area contributed by atoms with Crippen molar-refractivity contribution < 1.29 is 9.47 Å². The van der Waals surface area contributed by atoms with E-state index in [4.69, 9.17) is 14.5 Å². The Labute approximate surface area is 147 Å². The lowest BCUT2D eigenvalue weighted by molar-refractivity contribution is 0.174. The summed E-state index contributed by atoms with van der Waals surface area (Å²) >= 11 is 1.67. The molecule has 0 radical (unpaired) electrons. The lowest BCUT2D eigenvalue weighted by atomic mass is 10.2. The van der Waals surface area contributed by atoms with Crippen molar-refractivity contribution in [3.8, 4) is 22.1 Å². The Morgan fingerprint density at radius 3 is 2.88 bits per heavy atom. The van der Waals surface area contributed by atoms with Crippen LogP contribution in [0.25, 0.3) is 10.6 Å². The van der Waals surface area contributed by atoms with Crippen LogP contribution in [0.1, 0.15) is 26.0 Å². The third-order valence-corrected chi connectivity index (χ3v) is 5.14. The van der Waals surface area contributed by atoms with Crippen LogP contribution in [0.5, 0.6) is 11.5 Å². The van der Waals surface area contributed by atoms with Gasteiger partial charge in [0.1, 0.15) is 5.01 Å². The molecule has 0 saturated carbocycles. The van der Waals surface area contributed by atoms with E-state index in [0.717, 1.165) is 60.5 Å². The fourth-order valence-electron chi connectivity index (χ4n) is 2.73. The highest BCUT2D eigenvalue weighted by atomic mass is 32.1. The highest BCUT2D eigenvalue weighted by Gasteiger charge is 2.15. The minimum atomic E-state index is 0.305. The van der Waals surface area contributed by atoms with Crippen molar-refractivity contribution in [1.82, 2.24) is 15.2 Å². The van der Waals surface area contributed by atoms with E-state index in [2.05, 4.69) is 29.4 Å². The second-order valence-electron chi connectivity index (χ2n) is 5.77. The maximum Gasteiger partial charge on any atom is 0.231 e. The van der Waals surface area contributed by atoms with Crippen LogP contribution in [0, 0.1) is 0 Å². The number of rotatable bonds is 9. The standard InChI is InChI=1S/C18H25N3O2S/c1-3-21(4-2)9-5-8-19-11-15-12-24-18(20-15)14-6-7-16-17(10-14)23-13-22-16/h6-7,10,12,19H,3-5,8-9,11,13H2,1-2H3. The van der Waals surface area contributed by atoms with E-state index in [0.29, 0.717) is 6.79 Å². The summed E-state index contributed by atoms with van der Waals surface area (Å²) in [4.78, 5) is 7.17. The quantitative estimate of drug-likeness (QED) is 0.705. The van der Waals surface area contributed by atoms with Gasteiger partial charge in [0.2, 0.25) is 6.79 Å². The molecule has 0 bridgehead atoms. The summed E-state index contributed by atoms with van der Waals surface area (Å²) in [6.45, 7) is 9.97. The lowest BCUT2D eigenvalue weighted by Crippen LogP contribution is -2.27. The first kappa shape index (κ1) is 17.2. The highest BCUT2D eigenvalue weighted by molar-refractivity contribution is 7.13. The average molecular weight is 347 g/mol. The second kappa shape index (κ2) is 8.46. The Balaban J connectivity index is 1.47. The number of aromatic nitrogens is 1. The fourth-order valence-corrected chi connectivity index (χ4v) is 3.55. The SMILES string of the molecule is CCN(CC)CCCNCc1csc(-c2ccc3c(c2)OCO3)n1. The van der Waals surface area contributed by atoms with E-state index in [1.807, 2.05) is 18.2 Å². The molecule has 0 fully saturated rings. The van der Waals surface area contributed by atoms with Crippen molar-refractivity contribution in [3.05, 3.63) is 29.3 Å². The maximum absolute atomic E-state index is 5.44. The van der Waals surface area contributed by atoms with Crippen LogP contribution in [-0.4, -0.2) is 42.9 Å². The summed E-state index contributed by atoms with van der Waals surface area (Å²) in [6, 6.07) is 5.99. The molecule has 2 aromatic rings. The zero-order chi connectivity index (χ0) is 16.8. The van der Waals surface area contributed by atoms with Crippen LogP contribution >= 0.6 is 11.3 Å². The number of ether oxygens (including phenoxy) is 2. The van der Waals surface area contributed by atoms with E-state index < -0.39 is 0 Å². The van der Waals surface area contributed by atoms with Crippen molar-refractivity contribution in [2.75, 3.05) is 33.0 Å². The van der Waals surface area contributed by atoms with Crippen molar-refractivity contribution in [2.24, 2.45) is 0 Å². The predicted molar refractivity (Wildman–Crippen MR) is 97.8 cm³/mol. The van der Waals surface area contributed by atoms with Gasteiger partial charge in [0.25, 0.3) is 0 Å². The van der Waals surface area contributed by atoms with Crippen LogP contribution in [-0.2, 0) is 6.54 Å². The van der Waals surface area contributed by atoms with Crippen LogP contribution in [0.2, 0.25) is 0 Å². The molecular formula is C18H25N3O2S. The van der Waals surface area contributed by atoms with E-state index in [9.17, 15) is 0 Å². The molecule has 1 aliphatic heterocycles. The van der Waals surface area contributed by atoms with Gasteiger partial charge in [-0.2, -0.15) is 0 Å². The molecule has 1 aliphatic rings. The van der Waals surface area contributed by atoms with Crippen molar-refractivity contribution in [1.29, 1.82) is 0 Å². The van der Waals surface area contributed by atoms with Gasteiger partial charge >= 0.3 is 0 Å². The molecule has 1 N–H and O–H groups in total. The van der Waals surface area contributed by atoms with Crippen molar-refractivity contribution >= 4 is 11.3 Å². The Bertz CT molecular complexity index is 655. The second-order valence-corrected chi connectivity index (χ2v) is 6.63. The van der Waals surface area contributed by atoms with Gasteiger partial charge in [0.05, 0.1) is 5.69 Å². The van der Waals surface area contributed by atoms with Crippen molar-refractivity contribution in [3.63, 3.8) is 0 Å². The molecule has 0 amide bonds. The minimum Gasteiger partial charge on any atom is -0.454 e. The molecule has 1 aromatic carbocycles. The normalized spacial score (nSPS) is 13.0. The first-order valence-corrected chi connectivity index (χ1v) is 9.45. The number of hydrogen-bond acceptors (Lipinski definition) is 6. The molecule has 5 nitrogen and oxygen atoms in total. The Kier molecular flexibility index (Phi) is 6.07. The largest absolute Gasteiger partial charge is 0.454 e. The Morgan fingerprint density at radius 2 is 2.04 bits per heavy atom. The van der Waals surface area contributed by atoms with Gasteiger partial charge in [-0.25, -0.2) is 4.98 Å². The van der Waals surface area contributed by atoms with Gasteiger partial charge in [-0.15, -0.1) is 11.3 Å². The molecule has 2 heterocycles. The summed E-state index contributed by atoms with van der Waals surface area (Å²) in [7, 11) is 0. The van der Waals surface area contributed by atoms with Crippen molar-refractivity contribution in [2.45, 2.75) is 26.8 Å². The first-order chi connectivity index (χ1) is 11.8. The zero-order valence-electron chi connectivity index (χ0n) is 14.4. The number of thiazole rings is 1. The molecule has 1 aromatic heterocycles. The topological polar surface area (TPSA) is 46.6 Å². The summed E-state index contributed by atoms with van der Waals surface area (Å²) < 4.78 is 10.8. The molecule has 0 saturated heterocycles. The third kappa shape index (κ3) is 4.26. The van der Waals surface area contributed by atoms with Crippen LogP contribution in [0.4, 0.5) is 0 Å². The Hall–Kier alpha value is -1.63.